The number of hydrogen-bond acceptors (Lipinski definition) is 6. The van der Waals surface area contributed by atoms with Gasteiger partial charge in [0.05, 0.1) is 13.7 Å². The van der Waals surface area contributed by atoms with E-state index in [4.69, 9.17) is 4.74 Å². The normalized spacial score (nSPS) is 17.9. The number of carbonyl (C=O) groups excluding carboxylic acids is 2. The molecule has 2 aromatic carbocycles. The lowest BCUT2D eigenvalue weighted by molar-refractivity contribution is -0.274. The fourth-order valence-electron chi connectivity index (χ4n) is 4.60. The Balaban J connectivity index is 1.71. The van der Waals surface area contributed by atoms with Gasteiger partial charge in [0.25, 0.3) is 11.5 Å². The average Bonchev–Trinajstić information content (AvgIpc) is 3.23. The van der Waals surface area contributed by atoms with Gasteiger partial charge in [-0.2, -0.15) is 13.2 Å². The fourth-order valence-corrected chi connectivity index (χ4v) is 4.60. The third-order valence-corrected chi connectivity index (χ3v) is 6.65. The lowest BCUT2D eigenvalue weighted by atomic mass is 9.92. The number of carbonyl (C=O) groups is 2. The Labute approximate surface area is 242 Å². The van der Waals surface area contributed by atoms with Crippen LogP contribution in [0.5, 0.6) is 11.5 Å². The van der Waals surface area contributed by atoms with Gasteiger partial charge >= 0.3 is 12.5 Å². The van der Waals surface area contributed by atoms with Crippen molar-refractivity contribution in [3.8, 4) is 11.5 Å². The Bertz CT molecular complexity index is 1580. The Morgan fingerprint density at radius 1 is 1.02 bits per heavy atom. The van der Waals surface area contributed by atoms with Gasteiger partial charge in [-0.25, -0.2) is 8.78 Å². The van der Waals surface area contributed by atoms with E-state index in [-0.39, 0.29) is 11.3 Å². The number of nitrogens with one attached hydrogen (secondary N) is 1. The van der Waals surface area contributed by atoms with Crippen LogP contribution < -0.4 is 25.2 Å². The molecule has 0 bridgehead atoms. The molecule has 4 rings (SSSR count). The second-order valence-corrected chi connectivity index (χ2v) is 9.49. The monoisotopic (exact) mass is 635 g/mol. The van der Waals surface area contributed by atoms with E-state index >= 15 is 8.78 Å². The maximum Gasteiger partial charge on any atom is 0.573 e. The van der Waals surface area contributed by atoms with Gasteiger partial charge < -0.3 is 29.4 Å². The highest BCUT2D eigenvalue weighted by Crippen LogP contribution is 2.36. The van der Waals surface area contributed by atoms with Gasteiger partial charge in [0, 0.05) is 41.9 Å². The van der Waals surface area contributed by atoms with E-state index in [1.807, 2.05) is 0 Å². The topological polar surface area (TPSA) is 110 Å². The van der Waals surface area contributed by atoms with Crippen LogP contribution in [-0.2, 0) is 11.3 Å². The number of halogens is 8. The summed E-state index contributed by atoms with van der Waals surface area (Å²) in [6.45, 7) is -1.86. The molecule has 2 N–H and O–H groups in total. The van der Waals surface area contributed by atoms with Crippen molar-refractivity contribution in [3.05, 3.63) is 87.8 Å². The van der Waals surface area contributed by atoms with Crippen LogP contribution in [0.15, 0.2) is 59.5 Å². The van der Waals surface area contributed by atoms with E-state index < -0.39 is 89.7 Å². The van der Waals surface area contributed by atoms with Crippen LogP contribution in [0.3, 0.4) is 0 Å². The number of benzene rings is 2. The molecule has 9 nitrogen and oxygen atoms in total. The van der Waals surface area contributed by atoms with Crippen LogP contribution in [-0.4, -0.2) is 59.8 Å². The number of alkyl halides is 6. The largest absolute Gasteiger partial charge is 0.573 e. The fraction of sp³-hybridized carbons (Fsp3) is 0.296. The predicted octanol–water partition coefficient (Wildman–Crippen LogP) is 3.89. The molecule has 1 aliphatic heterocycles. The lowest BCUT2D eigenvalue weighted by Gasteiger charge is -2.20. The first-order valence-corrected chi connectivity index (χ1v) is 12.5. The third-order valence-electron chi connectivity index (χ3n) is 6.65. The van der Waals surface area contributed by atoms with Crippen LogP contribution in [0.2, 0.25) is 0 Å². The molecule has 3 atom stereocenters. The summed E-state index contributed by atoms with van der Waals surface area (Å²) >= 11 is 0. The molecule has 1 aliphatic rings. The molecular formula is C27H21F8N3O6. The summed E-state index contributed by atoms with van der Waals surface area (Å²) in [4.78, 5) is 40.4. The Morgan fingerprint density at radius 3 is 2.18 bits per heavy atom. The van der Waals surface area contributed by atoms with E-state index in [0.717, 1.165) is 66.7 Å². The Kier molecular flexibility index (Phi) is 8.90. The number of methoxy groups -OCH3 is 1. The van der Waals surface area contributed by atoms with Crippen LogP contribution in [0.1, 0.15) is 21.8 Å². The smallest absolute Gasteiger partial charge is 0.497 e. The van der Waals surface area contributed by atoms with Gasteiger partial charge in [-0.15, -0.1) is 13.2 Å². The number of amides is 2. The molecule has 0 radical (unpaired) electrons. The van der Waals surface area contributed by atoms with Gasteiger partial charge in [-0.3, -0.25) is 14.4 Å². The second-order valence-electron chi connectivity index (χ2n) is 9.49. The van der Waals surface area contributed by atoms with Crippen molar-refractivity contribution in [2.24, 2.45) is 0 Å². The molecule has 2 heterocycles. The highest BCUT2D eigenvalue weighted by atomic mass is 19.4. The molecule has 1 fully saturated rings. The van der Waals surface area contributed by atoms with Crippen molar-refractivity contribution < 1.29 is 59.3 Å². The van der Waals surface area contributed by atoms with Crippen LogP contribution >= 0.6 is 0 Å². The summed E-state index contributed by atoms with van der Waals surface area (Å²) in [7, 11) is 1.14. The maximum atomic E-state index is 15.1. The molecular weight excluding hydrogens is 614 g/mol. The minimum absolute atomic E-state index is 0.221. The molecule has 1 unspecified atom stereocenters. The van der Waals surface area contributed by atoms with Crippen molar-refractivity contribution in [3.63, 3.8) is 0 Å². The summed E-state index contributed by atoms with van der Waals surface area (Å²) in [6.07, 6.45) is -12.1. The van der Waals surface area contributed by atoms with E-state index in [0.29, 0.717) is 4.57 Å². The molecule has 0 spiro atoms. The molecule has 0 aliphatic carbocycles. The predicted molar refractivity (Wildman–Crippen MR) is 135 cm³/mol. The number of aromatic nitrogens is 1. The molecule has 17 heteroatoms. The van der Waals surface area contributed by atoms with E-state index in [1.165, 1.54) is 0 Å². The van der Waals surface area contributed by atoms with Crippen molar-refractivity contribution in [2.75, 3.05) is 18.6 Å². The maximum absolute atomic E-state index is 15.1. The molecule has 1 aromatic heterocycles. The minimum atomic E-state index is -5.07. The van der Waals surface area contributed by atoms with Gasteiger partial charge in [-0.05, 0) is 36.4 Å². The number of anilines is 1. The highest BCUT2D eigenvalue weighted by molar-refractivity contribution is 6.05. The van der Waals surface area contributed by atoms with Crippen molar-refractivity contribution in [2.45, 2.75) is 37.1 Å². The van der Waals surface area contributed by atoms with Gasteiger partial charge in [-0.1, -0.05) is 0 Å². The summed E-state index contributed by atoms with van der Waals surface area (Å²) in [6, 6.07) is 5.49. The summed E-state index contributed by atoms with van der Waals surface area (Å²) in [5.41, 5.74) is -2.64. The zero-order chi connectivity index (χ0) is 32.6. The van der Waals surface area contributed by atoms with Gasteiger partial charge in [0.15, 0.2) is 6.10 Å². The third kappa shape index (κ3) is 6.93. The Morgan fingerprint density at radius 2 is 1.64 bits per heavy atom. The standard InChI is InChI=1S/C27H21F8N3O6/c1-43-15-9-17(28)21(18(29)10-15)16-11-38(19-3-2-8-37(24(19)41)12-20(39)26(30,31)32)25(42)22(16)36-23(40)13-4-6-14(7-5-13)44-27(33,34)35/h2-10,16,20,22,39H,11-12H2,1H3,(H,36,40)/t16-,20?,22-/m0/s1. The zero-order valence-corrected chi connectivity index (χ0v) is 22.2. The molecule has 236 valence electrons. The van der Waals surface area contributed by atoms with Gasteiger partial charge in [0.1, 0.15) is 34.9 Å². The number of aliphatic hydroxyl groups is 1. The second kappa shape index (κ2) is 12.1. The van der Waals surface area contributed by atoms with Crippen molar-refractivity contribution in [1.29, 1.82) is 0 Å². The lowest BCUT2D eigenvalue weighted by Crippen LogP contribution is -2.45. The van der Waals surface area contributed by atoms with Crippen LogP contribution in [0, 0.1) is 11.6 Å². The molecule has 2 amide bonds. The molecule has 1 saturated heterocycles. The van der Waals surface area contributed by atoms with Crippen LogP contribution in [0.25, 0.3) is 0 Å². The van der Waals surface area contributed by atoms with Crippen molar-refractivity contribution >= 4 is 17.5 Å². The first-order valence-electron chi connectivity index (χ1n) is 12.5. The number of rotatable bonds is 8. The summed E-state index contributed by atoms with van der Waals surface area (Å²) < 4.78 is 115. The zero-order valence-electron chi connectivity index (χ0n) is 22.2. The number of hydrogen-bond donors (Lipinski definition) is 2. The van der Waals surface area contributed by atoms with Gasteiger partial charge in [0.2, 0.25) is 5.91 Å². The number of aliphatic hydroxyl groups excluding tert-OH is 1. The van der Waals surface area contributed by atoms with E-state index in [9.17, 15) is 45.8 Å². The number of nitrogens with zero attached hydrogens (tertiary/aromatic N) is 2. The molecule has 0 saturated carbocycles. The quantitative estimate of drug-likeness (QED) is 0.364. The molecule has 3 aromatic rings. The Hall–Kier alpha value is -4.67. The highest BCUT2D eigenvalue weighted by Gasteiger charge is 2.46. The van der Waals surface area contributed by atoms with Crippen LogP contribution in [0.4, 0.5) is 40.8 Å². The number of ether oxygens (including phenoxy) is 2. The average molecular weight is 635 g/mol. The summed E-state index contributed by atoms with van der Waals surface area (Å²) in [5, 5.41) is 11.7. The number of pyridine rings is 1. The van der Waals surface area contributed by atoms with E-state index in [2.05, 4.69) is 10.1 Å². The first-order chi connectivity index (χ1) is 20.5. The summed E-state index contributed by atoms with van der Waals surface area (Å²) in [5.74, 6) is -6.90. The first kappa shape index (κ1) is 32.2. The molecule has 44 heavy (non-hydrogen) atoms. The minimum Gasteiger partial charge on any atom is -0.497 e. The van der Waals surface area contributed by atoms with E-state index in [1.54, 1.807) is 0 Å². The SMILES string of the molecule is COc1cc(F)c([C@@H]2CN(c3cccn(CC(O)C(F)(F)F)c3=O)C(=O)[C@H]2NC(=O)c2ccc(OC(F)(F)F)cc2)c(F)c1. The van der Waals surface area contributed by atoms with Crippen molar-refractivity contribution in [1.82, 2.24) is 9.88 Å².